The molecule has 0 aliphatic heterocycles. The number of hydrogen-bond donors (Lipinski definition) is 2. The molecule has 6 nitrogen and oxygen atoms in total. The van der Waals surface area contributed by atoms with Crippen LogP contribution in [0.3, 0.4) is 0 Å². The molecule has 0 saturated heterocycles. The molecule has 0 radical (unpaired) electrons. The SMILES string of the molecule is COc1ccc(Br)cc1-c1nc(N)nc2nc[nH]c12. The van der Waals surface area contributed by atoms with Crippen LogP contribution in [0, 0.1) is 0 Å². The summed E-state index contributed by atoms with van der Waals surface area (Å²) in [6, 6.07) is 5.68. The lowest BCUT2D eigenvalue weighted by molar-refractivity contribution is 0.416. The van der Waals surface area contributed by atoms with Crippen LogP contribution in [0.2, 0.25) is 0 Å². The summed E-state index contributed by atoms with van der Waals surface area (Å²) >= 11 is 3.44. The van der Waals surface area contributed by atoms with E-state index in [0.29, 0.717) is 17.1 Å². The number of rotatable bonds is 2. The van der Waals surface area contributed by atoms with Gasteiger partial charge in [-0.2, -0.15) is 4.98 Å². The van der Waals surface area contributed by atoms with E-state index in [9.17, 15) is 0 Å². The summed E-state index contributed by atoms with van der Waals surface area (Å²) in [4.78, 5) is 15.5. The van der Waals surface area contributed by atoms with Gasteiger partial charge in [-0.25, -0.2) is 9.97 Å². The smallest absolute Gasteiger partial charge is 0.222 e. The van der Waals surface area contributed by atoms with E-state index in [2.05, 4.69) is 35.9 Å². The average Bonchev–Trinajstić information content (AvgIpc) is 2.85. The molecule has 3 N–H and O–H groups in total. The summed E-state index contributed by atoms with van der Waals surface area (Å²) in [5, 5.41) is 0. The molecule has 0 amide bonds. The highest BCUT2D eigenvalue weighted by Crippen LogP contribution is 2.34. The molecule has 0 aliphatic carbocycles. The molecular formula is C12H10BrN5O. The number of hydrogen-bond acceptors (Lipinski definition) is 5. The van der Waals surface area contributed by atoms with Crippen molar-refractivity contribution in [2.24, 2.45) is 0 Å². The molecule has 3 rings (SSSR count). The molecule has 1 aromatic carbocycles. The molecule has 0 aliphatic rings. The number of nitrogen functional groups attached to an aromatic ring is 1. The Morgan fingerprint density at radius 2 is 2.16 bits per heavy atom. The monoisotopic (exact) mass is 319 g/mol. The minimum Gasteiger partial charge on any atom is -0.496 e. The molecule has 0 fully saturated rings. The van der Waals surface area contributed by atoms with E-state index < -0.39 is 0 Å². The van der Waals surface area contributed by atoms with E-state index in [-0.39, 0.29) is 5.95 Å². The highest BCUT2D eigenvalue weighted by atomic mass is 79.9. The molecule has 96 valence electrons. The second-order valence-corrected chi connectivity index (χ2v) is 4.79. The number of ether oxygens (including phenoxy) is 1. The molecule has 0 saturated carbocycles. The Morgan fingerprint density at radius 1 is 1.32 bits per heavy atom. The van der Waals surface area contributed by atoms with Crippen LogP contribution in [0.4, 0.5) is 5.95 Å². The third-order valence-electron chi connectivity index (χ3n) is 2.72. The predicted molar refractivity (Wildman–Crippen MR) is 75.8 cm³/mol. The van der Waals surface area contributed by atoms with Gasteiger partial charge in [-0.05, 0) is 18.2 Å². The van der Waals surface area contributed by atoms with Gasteiger partial charge in [-0.15, -0.1) is 0 Å². The van der Waals surface area contributed by atoms with Crippen LogP contribution in [0.5, 0.6) is 5.75 Å². The van der Waals surface area contributed by atoms with Crippen LogP contribution in [0.1, 0.15) is 0 Å². The largest absolute Gasteiger partial charge is 0.496 e. The van der Waals surface area contributed by atoms with Gasteiger partial charge in [0.1, 0.15) is 17.0 Å². The normalized spacial score (nSPS) is 10.8. The Bertz CT molecular complexity index is 755. The van der Waals surface area contributed by atoms with Crippen LogP contribution in [0.25, 0.3) is 22.4 Å². The van der Waals surface area contributed by atoms with Crippen molar-refractivity contribution in [3.05, 3.63) is 29.0 Å². The van der Waals surface area contributed by atoms with Crippen molar-refractivity contribution in [1.29, 1.82) is 0 Å². The molecule has 0 atom stereocenters. The molecule has 19 heavy (non-hydrogen) atoms. The number of nitrogens with two attached hydrogens (primary N) is 1. The fraction of sp³-hybridized carbons (Fsp3) is 0.0833. The van der Waals surface area contributed by atoms with Gasteiger partial charge in [-0.3, -0.25) is 0 Å². The van der Waals surface area contributed by atoms with Gasteiger partial charge in [0.2, 0.25) is 5.95 Å². The van der Waals surface area contributed by atoms with Crippen LogP contribution in [-0.4, -0.2) is 27.0 Å². The summed E-state index contributed by atoms with van der Waals surface area (Å²) in [5.74, 6) is 0.883. The fourth-order valence-electron chi connectivity index (χ4n) is 1.91. The molecule has 2 heterocycles. The highest BCUT2D eigenvalue weighted by molar-refractivity contribution is 9.10. The van der Waals surface area contributed by atoms with E-state index in [4.69, 9.17) is 10.5 Å². The topological polar surface area (TPSA) is 89.7 Å². The molecule has 0 bridgehead atoms. The van der Waals surface area contributed by atoms with Crippen molar-refractivity contribution in [2.75, 3.05) is 12.8 Å². The van der Waals surface area contributed by atoms with Gasteiger partial charge in [0.25, 0.3) is 0 Å². The van der Waals surface area contributed by atoms with Crippen molar-refractivity contribution >= 4 is 33.0 Å². The maximum Gasteiger partial charge on any atom is 0.222 e. The number of fused-ring (bicyclic) bond motifs is 1. The lowest BCUT2D eigenvalue weighted by Gasteiger charge is -2.09. The lowest BCUT2D eigenvalue weighted by Crippen LogP contribution is -1.99. The summed E-state index contributed by atoms with van der Waals surface area (Å²) in [5.41, 5.74) is 8.47. The number of imidazole rings is 1. The fourth-order valence-corrected chi connectivity index (χ4v) is 2.27. The van der Waals surface area contributed by atoms with Crippen molar-refractivity contribution in [3.63, 3.8) is 0 Å². The summed E-state index contributed by atoms with van der Waals surface area (Å²) in [6.07, 6.45) is 1.56. The molecule has 2 aromatic heterocycles. The van der Waals surface area contributed by atoms with Gasteiger partial charge in [0.05, 0.1) is 13.4 Å². The van der Waals surface area contributed by atoms with Crippen LogP contribution in [0.15, 0.2) is 29.0 Å². The van der Waals surface area contributed by atoms with Crippen LogP contribution >= 0.6 is 15.9 Å². The van der Waals surface area contributed by atoms with Gasteiger partial charge in [0, 0.05) is 10.0 Å². The Kier molecular flexibility index (Phi) is 2.83. The van der Waals surface area contributed by atoms with E-state index in [0.717, 1.165) is 15.6 Å². The maximum atomic E-state index is 5.72. The number of aromatic amines is 1. The Hall–Kier alpha value is -2.15. The zero-order valence-electron chi connectivity index (χ0n) is 10.0. The van der Waals surface area contributed by atoms with Gasteiger partial charge >= 0.3 is 0 Å². The second-order valence-electron chi connectivity index (χ2n) is 3.88. The average molecular weight is 320 g/mol. The van der Waals surface area contributed by atoms with Gasteiger partial charge in [-0.1, -0.05) is 15.9 Å². The van der Waals surface area contributed by atoms with E-state index in [1.165, 1.54) is 0 Å². The first-order valence-corrected chi connectivity index (χ1v) is 6.29. The number of methoxy groups -OCH3 is 1. The van der Waals surface area contributed by atoms with E-state index in [1.807, 2.05) is 18.2 Å². The first-order valence-electron chi connectivity index (χ1n) is 5.49. The summed E-state index contributed by atoms with van der Waals surface area (Å²) < 4.78 is 6.29. The van der Waals surface area contributed by atoms with Gasteiger partial charge in [0.15, 0.2) is 5.65 Å². The van der Waals surface area contributed by atoms with Crippen molar-refractivity contribution in [1.82, 2.24) is 19.9 Å². The van der Waals surface area contributed by atoms with Crippen molar-refractivity contribution in [3.8, 4) is 17.0 Å². The second kappa shape index (κ2) is 4.51. The molecular weight excluding hydrogens is 310 g/mol. The van der Waals surface area contributed by atoms with Gasteiger partial charge < -0.3 is 15.5 Å². The third-order valence-corrected chi connectivity index (χ3v) is 3.21. The number of aromatic nitrogens is 4. The first-order chi connectivity index (χ1) is 9.19. The number of H-pyrrole nitrogens is 1. The van der Waals surface area contributed by atoms with E-state index >= 15 is 0 Å². The Labute approximate surface area is 117 Å². The molecule has 0 spiro atoms. The van der Waals surface area contributed by atoms with Crippen LogP contribution in [-0.2, 0) is 0 Å². The first kappa shape index (κ1) is 11.9. The molecule has 7 heteroatoms. The Balaban J connectivity index is 2.35. The van der Waals surface area contributed by atoms with Crippen LogP contribution < -0.4 is 10.5 Å². The zero-order valence-corrected chi connectivity index (χ0v) is 11.6. The summed E-state index contributed by atoms with van der Waals surface area (Å²) in [7, 11) is 1.61. The third kappa shape index (κ3) is 2.01. The predicted octanol–water partition coefficient (Wildman–Crippen LogP) is 2.37. The number of benzene rings is 1. The Morgan fingerprint density at radius 3 is 2.95 bits per heavy atom. The summed E-state index contributed by atoms with van der Waals surface area (Å²) in [6.45, 7) is 0. The molecule has 0 unspecified atom stereocenters. The highest BCUT2D eigenvalue weighted by Gasteiger charge is 2.15. The molecule has 3 aromatic rings. The maximum absolute atomic E-state index is 5.72. The minimum atomic E-state index is 0.177. The lowest BCUT2D eigenvalue weighted by atomic mass is 10.1. The number of nitrogens with one attached hydrogen (secondary N) is 1. The van der Waals surface area contributed by atoms with Crippen molar-refractivity contribution in [2.45, 2.75) is 0 Å². The number of halogens is 1. The zero-order chi connectivity index (χ0) is 13.4. The minimum absolute atomic E-state index is 0.177. The number of nitrogens with zero attached hydrogens (tertiary/aromatic N) is 3. The standard InChI is InChI=1S/C12H10BrN5O/c1-19-8-3-2-6(13)4-7(8)9-10-11(16-5-15-10)18-12(14)17-9/h2-5H,1H3,(H3,14,15,16,17,18). The quantitative estimate of drug-likeness (QED) is 0.756. The van der Waals surface area contributed by atoms with E-state index in [1.54, 1.807) is 13.4 Å². The van der Waals surface area contributed by atoms with Crippen molar-refractivity contribution < 1.29 is 4.74 Å². The number of anilines is 1.